The molecule has 0 atom stereocenters. The van der Waals surface area contributed by atoms with Gasteiger partial charge in [0.15, 0.2) is 0 Å². The first-order valence-corrected chi connectivity index (χ1v) is 5.25. The molecule has 1 aromatic heterocycles. The molecule has 0 nitrogen and oxygen atoms in total. The van der Waals surface area contributed by atoms with Gasteiger partial charge in [-0.25, -0.2) is 0 Å². The van der Waals surface area contributed by atoms with E-state index in [1.54, 1.807) is 0 Å². The molecule has 0 fully saturated rings. The first-order chi connectivity index (χ1) is 6.33. The van der Waals surface area contributed by atoms with Crippen LogP contribution in [0.2, 0.25) is 0 Å². The fraction of sp³-hybridized carbons (Fsp3) is 0.167. The van der Waals surface area contributed by atoms with Crippen molar-refractivity contribution in [2.75, 3.05) is 0 Å². The van der Waals surface area contributed by atoms with Gasteiger partial charge in [0.25, 0.3) is 0 Å². The van der Waals surface area contributed by atoms with E-state index in [-0.39, 0.29) is 0 Å². The molecule has 1 heterocycles. The Hall–Kier alpha value is -1.08. The van der Waals surface area contributed by atoms with Crippen LogP contribution in [0.15, 0.2) is 30.3 Å². The maximum absolute atomic E-state index is 2.19. The minimum atomic E-state index is 1.38. The lowest BCUT2D eigenvalue weighted by atomic mass is 10.1. The molecule has 0 amide bonds. The van der Waals surface area contributed by atoms with E-state index in [9.17, 15) is 0 Å². The average molecular weight is 188 g/mol. The van der Waals surface area contributed by atoms with Crippen LogP contribution in [0.5, 0.6) is 0 Å². The summed E-state index contributed by atoms with van der Waals surface area (Å²) in [7, 11) is 0. The monoisotopic (exact) mass is 188 g/mol. The van der Waals surface area contributed by atoms with Crippen LogP contribution in [0.25, 0.3) is 16.2 Å². The third-order valence-electron chi connectivity index (χ3n) is 2.20. The summed E-state index contributed by atoms with van der Waals surface area (Å²) in [5.74, 6) is 0. The van der Waals surface area contributed by atoms with Crippen LogP contribution in [0.4, 0.5) is 0 Å². The number of hydrogen-bond acceptors (Lipinski definition) is 1. The number of hydrogen-bond donors (Lipinski definition) is 0. The van der Waals surface area contributed by atoms with Crippen molar-refractivity contribution in [3.8, 4) is 0 Å². The van der Waals surface area contributed by atoms with E-state index in [4.69, 9.17) is 0 Å². The van der Waals surface area contributed by atoms with E-state index in [1.807, 2.05) is 11.3 Å². The molecule has 0 bridgehead atoms. The Kier molecular flexibility index (Phi) is 2.19. The van der Waals surface area contributed by atoms with Gasteiger partial charge in [0.2, 0.25) is 0 Å². The minimum Gasteiger partial charge on any atom is -0.136 e. The second-order valence-electron chi connectivity index (χ2n) is 3.09. The molecule has 0 N–H and O–H groups in total. The van der Waals surface area contributed by atoms with Gasteiger partial charge >= 0.3 is 0 Å². The predicted octanol–water partition coefficient (Wildman–Crippen LogP) is 4.24. The predicted molar refractivity (Wildman–Crippen MR) is 61.3 cm³/mol. The molecule has 66 valence electrons. The lowest BCUT2D eigenvalue weighted by Gasteiger charge is -1.89. The van der Waals surface area contributed by atoms with Crippen molar-refractivity contribution in [1.82, 2.24) is 0 Å². The van der Waals surface area contributed by atoms with E-state index < -0.39 is 0 Å². The van der Waals surface area contributed by atoms with Gasteiger partial charge < -0.3 is 0 Å². The Bertz CT molecular complexity index is 449. The van der Waals surface area contributed by atoms with Gasteiger partial charge in [-0.2, -0.15) is 0 Å². The quantitative estimate of drug-likeness (QED) is 0.628. The summed E-state index contributed by atoms with van der Waals surface area (Å²) in [6.45, 7) is 4.25. The van der Waals surface area contributed by atoms with Gasteiger partial charge in [-0.3, -0.25) is 0 Å². The summed E-state index contributed by atoms with van der Waals surface area (Å²) < 4.78 is 1.38. The summed E-state index contributed by atoms with van der Waals surface area (Å²) in [6.07, 6.45) is 4.28. The minimum absolute atomic E-state index is 1.38. The fourth-order valence-corrected chi connectivity index (χ4v) is 2.69. The molecule has 2 aromatic rings. The highest BCUT2D eigenvalue weighted by molar-refractivity contribution is 7.20. The summed E-state index contributed by atoms with van der Waals surface area (Å²) in [4.78, 5) is 1.38. The van der Waals surface area contributed by atoms with Crippen molar-refractivity contribution in [3.63, 3.8) is 0 Å². The second kappa shape index (κ2) is 3.35. The Morgan fingerprint density at radius 2 is 2.00 bits per heavy atom. The van der Waals surface area contributed by atoms with Crippen molar-refractivity contribution in [1.29, 1.82) is 0 Å². The largest absolute Gasteiger partial charge is 0.136 e. The first kappa shape index (κ1) is 8.52. The van der Waals surface area contributed by atoms with Gasteiger partial charge in [0.1, 0.15) is 0 Å². The van der Waals surface area contributed by atoms with E-state index in [1.165, 1.54) is 20.5 Å². The fourth-order valence-electron chi connectivity index (χ4n) is 1.50. The van der Waals surface area contributed by atoms with Crippen LogP contribution >= 0.6 is 11.3 Å². The van der Waals surface area contributed by atoms with Crippen molar-refractivity contribution < 1.29 is 0 Å². The van der Waals surface area contributed by atoms with Gasteiger partial charge in [0, 0.05) is 9.58 Å². The number of aryl methyl sites for hydroxylation is 1. The summed E-state index contributed by atoms with van der Waals surface area (Å²) in [5, 5.41) is 1.39. The van der Waals surface area contributed by atoms with Crippen LogP contribution in [-0.2, 0) is 0 Å². The highest BCUT2D eigenvalue weighted by atomic mass is 32.1. The molecule has 0 saturated carbocycles. The zero-order chi connectivity index (χ0) is 9.26. The smallest absolute Gasteiger partial charge is 0.0351 e. The maximum atomic E-state index is 2.19. The molecule has 0 spiro atoms. The molecule has 0 aliphatic carbocycles. The molecule has 0 radical (unpaired) electrons. The Morgan fingerprint density at radius 1 is 1.23 bits per heavy atom. The first-order valence-electron chi connectivity index (χ1n) is 4.43. The molecule has 0 aliphatic rings. The van der Waals surface area contributed by atoms with Gasteiger partial charge in [0.05, 0.1) is 0 Å². The molecule has 0 unspecified atom stereocenters. The SMILES string of the molecule is C/C=C\c1sc2ccccc2c1C. The number of rotatable bonds is 1. The number of allylic oxidation sites excluding steroid dienone is 1. The summed E-state index contributed by atoms with van der Waals surface area (Å²) in [5.41, 5.74) is 1.40. The summed E-state index contributed by atoms with van der Waals surface area (Å²) in [6, 6.07) is 8.56. The molecule has 13 heavy (non-hydrogen) atoms. The summed E-state index contributed by atoms with van der Waals surface area (Å²) >= 11 is 1.86. The Morgan fingerprint density at radius 3 is 2.69 bits per heavy atom. The highest BCUT2D eigenvalue weighted by Gasteiger charge is 2.03. The van der Waals surface area contributed by atoms with Crippen molar-refractivity contribution in [2.45, 2.75) is 13.8 Å². The topological polar surface area (TPSA) is 0 Å². The molecule has 2 rings (SSSR count). The van der Waals surface area contributed by atoms with Gasteiger partial charge in [-0.05, 0) is 36.9 Å². The average Bonchev–Trinajstić information content (AvgIpc) is 2.46. The zero-order valence-electron chi connectivity index (χ0n) is 7.87. The number of thiophene rings is 1. The second-order valence-corrected chi connectivity index (χ2v) is 4.17. The van der Waals surface area contributed by atoms with Crippen molar-refractivity contribution in [3.05, 3.63) is 40.8 Å². The van der Waals surface area contributed by atoms with E-state index in [0.717, 1.165) is 0 Å². The third kappa shape index (κ3) is 1.40. The molecular formula is C12H12S. The van der Waals surface area contributed by atoms with Crippen LogP contribution in [0.3, 0.4) is 0 Å². The number of benzene rings is 1. The lowest BCUT2D eigenvalue weighted by molar-refractivity contribution is 1.57. The zero-order valence-corrected chi connectivity index (χ0v) is 8.69. The van der Waals surface area contributed by atoms with Crippen LogP contribution < -0.4 is 0 Å². The molecule has 1 heteroatoms. The van der Waals surface area contributed by atoms with E-state index >= 15 is 0 Å². The molecule has 1 aromatic carbocycles. The van der Waals surface area contributed by atoms with Crippen LogP contribution in [0.1, 0.15) is 17.4 Å². The number of fused-ring (bicyclic) bond motifs is 1. The molecular weight excluding hydrogens is 176 g/mol. The van der Waals surface area contributed by atoms with Crippen molar-refractivity contribution >= 4 is 27.5 Å². The third-order valence-corrected chi connectivity index (χ3v) is 3.44. The van der Waals surface area contributed by atoms with Crippen LogP contribution in [0, 0.1) is 6.92 Å². The van der Waals surface area contributed by atoms with Crippen molar-refractivity contribution in [2.24, 2.45) is 0 Å². The van der Waals surface area contributed by atoms with Crippen LogP contribution in [-0.4, -0.2) is 0 Å². The molecule has 0 saturated heterocycles. The normalized spacial score (nSPS) is 11.5. The highest BCUT2D eigenvalue weighted by Crippen LogP contribution is 2.31. The van der Waals surface area contributed by atoms with E-state index in [2.05, 4.69) is 50.3 Å². The molecule has 0 aliphatic heterocycles. The lowest BCUT2D eigenvalue weighted by Crippen LogP contribution is -1.69. The van der Waals surface area contributed by atoms with E-state index in [0.29, 0.717) is 0 Å². The Balaban J connectivity index is 2.73. The standard InChI is InChI=1S/C12H12S/c1-3-6-11-9(2)10-7-4-5-8-12(10)13-11/h3-8H,1-2H3/b6-3-. The Labute approximate surface area is 82.5 Å². The van der Waals surface area contributed by atoms with Gasteiger partial charge in [-0.15, -0.1) is 11.3 Å². The van der Waals surface area contributed by atoms with Gasteiger partial charge in [-0.1, -0.05) is 24.3 Å². The maximum Gasteiger partial charge on any atom is 0.0351 e.